The Bertz CT molecular complexity index is 2070. The summed E-state index contributed by atoms with van der Waals surface area (Å²) in [6.45, 7) is 0. The van der Waals surface area contributed by atoms with Gasteiger partial charge in [-0.05, 0) is 96.7 Å². The standard InChI is InChI=1S/C40H26ClN/c41-31-12-8-11-30(26-31)40(38-17-5-3-15-36(38)37-16-4-6-18-39(37)40)29-10-7-9-28(25-29)33-20-19-32(27-21-23-42-24-22-27)34-13-1-2-14-35(33)34/h1-26H. The van der Waals surface area contributed by atoms with E-state index in [1.54, 1.807) is 0 Å². The molecule has 2 heteroatoms. The number of pyridine rings is 1. The van der Waals surface area contributed by atoms with Gasteiger partial charge in [-0.15, -0.1) is 0 Å². The summed E-state index contributed by atoms with van der Waals surface area (Å²) in [7, 11) is 0. The smallest absolute Gasteiger partial charge is 0.0714 e. The predicted octanol–water partition coefficient (Wildman–Crippen LogP) is 10.6. The summed E-state index contributed by atoms with van der Waals surface area (Å²) in [5, 5.41) is 3.20. The molecule has 0 atom stereocenters. The van der Waals surface area contributed by atoms with Crippen LogP contribution >= 0.6 is 11.6 Å². The Kier molecular flexibility index (Phi) is 5.80. The van der Waals surface area contributed by atoms with Gasteiger partial charge in [-0.25, -0.2) is 0 Å². The highest BCUT2D eigenvalue weighted by molar-refractivity contribution is 6.30. The number of rotatable bonds is 4. The van der Waals surface area contributed by atoms with Gasteiger partial charge in [0.25, 0.3) is 0 Å². The summed E-state index contributed by atoms with van der Waals surface area (Å²) >= 11 is 6.68. The van der Waals surface area contributed by atoms with Crippen LogP contribution in [0.4, 0.5) is 0 Å². The lowest BCUT2D eigenvalue weighted by Crippen LogP contribution is -2.28. The molecule has 0 radical (unpaired) electrons. The zero-order chi connectivity index (χ0) is 28.1. The molecule has 6 aromatic carbocycles. The van der Waals surface area contributed by atoms with Crippen LogP contribution < -0.4 is 0 Å². The molecular weight excluding hydrogens is 530 g/mol. The average Bonchev–Trinajstić information content (AvgIpc) is 3.36. The van der Waals surface area contributed by atoms with Crippen molar-refractivity contribution in [3.8, 4) is 33.4 Å². The molecule has 42 heavy (non-hydrogen) atoms. The molecule has 1 aliphatic carbocycles. The molecular formula is C40H26ClN. The summed E-state index contributed by atoms with van der Waals surface area (Å²) < 4.78 is 0. The van der Waals surface area contributed by atoms with Crippen LogP contribution in [0.15, 0.2) is 158 Å². The van der Waals surface area contributed by atoms with Gasteiger partial charge in [0.1, 0.15) is 0 Å². The van der Waals surface area contributed by atoms with Crippen molar-refractivity contribution >= 4 is 22.4 Å². The van der Waals surface area contributed by atoms with Gasteiger partial charge in [-0.3, -0.25) is 4.98 Å². The Balaban J connectivity index is 1.40. The zero-order valence-corrected chi connectivity index (χ0v) is 23.6. The maximum Gasteiger partial charge on any atom is 0.0714 e. The van der Waals surface area contributed by atoms with Crippen LogP contribution in [-0.4, -0.2) is 4.98 Å². The third-order valence-electron chi connectivity index (χ3n) is 8.73. The normalized spacial score (nSPS) is 13.1. The van der Waals surface area contributed by atoms with Crippen molar-refractivity contribution in [1.82, 2.24) is 4.98 Å². The van der Waals surface area contributed by atoms with E-state index in [1.807, 2.05) is 18.5 Å². The topological polar surface area (TPSA) is 12.9 Å². The Morgan fingerprint density at radius 3 is 1.62 bits per heavy atom. The van der Waals surface area contributed by atoms with Crippen LogP contribution in [0.25, 0.3) is 44.2 Å². The van der Waals surface area contributed by atoms with Crippen LogP contribution in [0.1, 0.15) is 22.3 Å². The van der Waals surface area contributed by atoms with Gasteiger partial charge in [-0.1, -0.05) is 127 Å². The van der Waals surface area contributed by atoms with E-state index < -0.39 is 5.41 Å². The summed E-state index contributed by atoms with van der Waals surface area (Å²) in [5.74, 6) is 0. The highest BCUT2D eigenvalue weighted by Gasteiger charge is 2.46. The number of benzene rings is 6. The Morgan fingerprint density at radius 2 is 0.976 bits per heavy atom. The molecule has 0 fully saturated rings. The minimum atomic E-state index is -0.499. The van der Waals surface area contributed by atoms with E-state index in [0.29, 0.717) is 0 Å². The number of nitrogens with zero attached hydrogens (tertiary/aromatic N) is 1. The minimum absolute atomic E-state index is 0.499. The van der Waals surface area contributed by atoms with Crippen LogP contribution in [-0.2, 0) is 5.41 Å². The third kappa shape index (κ3) is 3.67. The lowest BCUT2D eigenvalue weighted by Gasteiger charge is -2.34. The van der Waals surface area contributed by atoms with E-state index in [9.17, 15) is 0 Å². The number of halogens is 1. The summed E-state index contributed by atoms with van der Waals surface area (Å²) in [4.78, 5) is 4.22. The first-order valence-corrected chi connectivity index (χ1v) is 14.6. The van der Waals surface area contributed by atoms with E-state index in [-0.39, 0.29) is 0 Å². The molecule has 0 saturated carbocycles. The van der Waals surface area contributed by atoms with Crippen LogP contribution in [0.3, 0.4) is 0 Å². The quantitative estimate of drug-likeness (QED) is 0.210. The van der Waals surface area contributed by atoms with Gasteiger partial charge in [0.05, 0.1) is 5.41 Å². The Labute approximate surface area is 250 Å². The predicted molar refractivity (Wildman–Crippen MR) is 175 cm³/mol. The molecule has 1 aromatic heterocycles. The third-order valence-corrected chi connectivity index (χ3v) is 8.97. The fourth-order valence-corrected chi connectivity index (χ4v) is 7.19. The maximum atomic E-state index is 6.68. The highest BCUT2D eigenvalue weighted by Crippen LogP contribution is 2.56. The molecule has 1 nitrogen and oxygen atoms in total. The van der Waals surface area contributed by atoms with Crippen LogP contribution in [0.2, 0.25) is 5.02 Å². The van der Waals surface area contributed by atoms with E-state index in [0.717, 1.165) is 5.02 Å². The highest BCUT2D eigenvalue weighted by atomic mass is 35.5. The van der Waals surface area contributed by atoms with E-state index in [1.165, 1.54) is 66.4 Å². The molecule has 1 aliphatic rings. The van der Waals surface area contributed by atoms with Gasteiger partial charge in [0.15, 0.2) is 0 Å². The molecule has 0 unspecified atom stereocenters. The maximum absolute atomic E-state index is 6.68. The lowest BCUT2D eigenvalue weighted by molar-refractivity contribution is 0.769. The summed E-state index contributed by atoms with van der Waals surface area (Å²) in [6, 6.07) is 52.4. The van der Waals surface area contributed by atoms with Crippen molar-refractivity contribution in [3.63, 3.8) is 0 Å². The van der Waals surface area contributed by atoms with Crippen molar-refractivity contribution in [1.29, 1.82) is 0 Å². The minimum Gasteiger partial charge on any atom is -0.265 e. The largest absolute Gasteiger partial charge is 0.265 e. The van der Waals surface area contributed by atoms with Crippen LogP contribution in [0.5, 0.6) is 0 Å². The first-order chi connectivity index (χ1) is 20.7. The van der Waals surface area contributed by atoms with Crippen molar-refractivity contribution in [2.45, 2.75) is 5.41 Å². The van der Waals surface area contributed by atoms with Crippen LogP contribution in [0, 0.1) is 0 Å². The van der Waals surface area contributed by atoms with E-state index >= 15 is 0 Å². The molecule has 198 valence electrons. The van der Waals surface area contributed by atoms with Crippen molar-refractivity contribution in [2.75, 3.05) is 0 Å². The molecule has 0 saturated heterocycles. The van der Waals surface area contributed by atoms with Gasteiger partial charge >= 0.3 is 0 Å². The Morgan fingerprint density at radius 1 is 0.429 bits per heavy atom. The molecule has 0 amide bonds. The number of fused-ring (bicyclic) bond motifs is 4. The SMILES string of the molecule is Clc1cccc(C2(c3cccc(-c4ccc(-c5ccncc5)c5ccccc45)c3)c3ccccc3-c3ccccc32)c1. The number of aromatic nitrogens is 1. The van der Waals surface area contributed by atoms with Gasteiger partial charge in [0.2, 0.25) is 0 Å². The lowest BCUT2D eigenvalue weighted by atomic mass is 9.67. The Hall–Kier alpha value is -4.98. The first-order valence-electron chi connectivity index (χ1n) is 14.2. The summed E-state index contributed by atoms with van der Waals surface area (Å²) in [6.07, 6.45) is 3.71. The second-order valence-corrected chi connectivity index (χ2v) is 11.3. The molecule has 7 aromatic rings. The second kappa shape index (κ2) is 9.83. The van der Waals surface area contributed by atoms with E-state index in [2.05, 4.69) is 145 Å². The zero-order valence-electron chi connectivity index (χ0n) is 22.8. The van der Waals surface area contributed by atoms with Gasteiger partial charge in [0, 0.05) is 17.4 Å². The molecule has 1 heterocycles. The monoisotopic (exact) mass is 555 g/mol. The van der Waals surface area contributed by atoms with E-state index in [4.69, 9.17) is 11.6 Å². The van der Waals surface area contributed by atoms with Gasteiger partial charge in [-0.2, -0.15) is 0 Å². The summed E-state index contributed by atoms with van der Waals surface area (Å²) in [5.41, 5.74) is 11.8. The van der Waals surface area contributed by atoms with Crippen molar-refractivity contribution in [3.05, 3.63) is 185 Å². The molecule has 8 rings (SSSR count). The number of hydrogen-bond donors (Lipinski definition) is 0. The number of hydrogen-bond acceptors (Lipinski definition) is 1. The van der Waals surface area contributed by atoms with Gasteiger partial charge < -0.3 is 0 Å². The molecule has 0 bridgehead atoms. The molecule has 0 aliphatic heterocycles. The fraction of sp³-hybridized carbons (Fsp3) is 0.0250. The molecule has 0 spiro atoms. The second-order valence-electron chi connectivity index (χ2n) is 10.9. The fourth-order valence-electron chi connectivity index (χ4n) is 7.00. The van der Waals surface area contributed by atoms with Crippen molar-refractivity contribution < 1.29 is 0 Å². The first kappa shape index (κ1) is 24.8. The van der Waals surface area contributed by atoms with Crippen molar-refractivity contribution in [2.24, 2.45) is 0 Å². The average molecular weight is 556 g/mol. The molecule has 0 N–H and O–H groups in total.